The van der Waals surface area contributed by atoms with Gasteiger partial charge in [0, 0.05) is 12.1 Å². The lowest BCUT2D eigenvalue weighted by Crippen LogP contribution is -2.55. The number of nitrogens with zero attached hydrogens (tertiary/aromatic N) is 1. The number of carboxylic acid groups (broad SMARTS) is 1. The Morgan fingerprint density at radius 2 is 1.79 bits per heavy atom. The Balaban J connectivity index is 2.80. The molecule has 0 saturated carbocycles. The quantitative estimate of drug-likeness (QED) is 0.806. The van der Waals surface area contributed by atoms with Gasteiger partial charge in [0.1, 0.15) is 6.04 Å². The molecule has 1 aliphatic rings. The molecule has 2 amide bonds. The lowest BCUT2D eigenvalue weighted by atomic mass is 9.90. The van der Waals surface area contributed by atoms with Crippen molar-refractivity contribution in [3.63, 3.8) is 0 Å². The molecule has 2 unspecified atom stereocenters. The van der Waals surface area contributed by atoms with Crippen molar-refractivity contribution in [2.45, 2.75) is 65.0 Å². The van der Waals surface area contributed by atoms with Gasteiger partial charge >= 0.3 is 12.0 Å². The van der Waals surface area contributed by atoms with Crippen LogP contribution in [0.5, 0.6) is 0 Å². The average Bonchev–Trinajstić information content (AvgIpc) is 2.78. The molecule has 2 atom stereocenters. The molecular formula is C14H26N2O3. The number of urea groups is 1. The van der Waals surface area contributed by atoms with Crippen molar-refractivity contribution in [3.8, 4) is 0 Å². The molecule has 1 heterocycles. The van der Waals surface area contributed by atoms with Crippen molar-refractivity contribution < 1.29 is 14.7 Å². The van der Waals surface area contributed by atoms with Crippen LogP contribution in [0.4, 0.5) is 4.79 Å². The van der Waals surface area contributed by atoms with E-state index in [9.17, 15) is 14.7 Å². The van der Waals surface area contributed by atoms with Crippen molar-refractivity contribution in [2.24, 2.45) is 5.92 Å². The fourth-order valence-corrected chi connectivity index (χ4v) is 2.87. The molecular weight excluding hydrogens is 244 g/mol. The molecule has 1 aliphatic heterocycles. The topological polar surface area (TPSA) is 69.6 Å². The Morgan fingerprint density at radius 1 is 1.26 bits per heavy atom. The molecule has 0 aromatic heterocycles. The van der Waals surface area contributed by atoms with Crippen LogP contribution >= 0.6 is 0 Å². The third-order valence-corrected chi connectivity index (χ3v) is 4.62. The SMILES string of the molecule is CCC(CC)(CC)NC(=O)N1CCC(C)C1C(=O)O. The van der Waals surface area contributed by atoms with Crippen LogP contribution in [0.1, 0.15) is 53.4 Å². The summed E-state index contributed by atoms with van der Waals surface area (Å²) in [6.07, 6.45) is 3.31. The summed E-state index contributed by atoms with van der Waals surface area (Å²) in [6.45, 7) is 8.56. The summed E-state index contributed by atoms with van der Waals surface area (Å²) in [5.74, 6) is -0.891. The summed E-state index contributed by atoms with van der Waals surface area (Å²) in [6, 6.07) is -0.925. The third-order valence-electron chi connectivity index (χ3n) is 4.62. The van der Waals surface area contributed by atoms with Gasteiger partial charge in [0.2, 0.25) is 0 Å². The Kier molecular flexibility index (Phi) is 5.20. The molecule has 1 saturated heterocycles. The molecule has 0 radical (unpaired) electrons. The number of carbonyl (C=O) groups excluding carboxylic acids is 1. The van der Waals surface area contributed by atoms with Gasteiger partial charge in [0.25, 0.3) is 0 Å². The van der Waals surface area contributed by atoms with Crippen LogP contribution in [-0.4, -0.2) is 40.1 Å². The molecule has 1 rings (SSSR count). The first-order chi connectivity index (χ1) is 8.90. The number of likely N-dealkylation sites (tertiary alicyclic amines) is 1. The van der Waals surface area contributed by atoms with Crippen molar-refractivity contribution in [1.29, 1.82) is 0 Å². The Morgan fingerprint density at radius 3 is 2.21 bits per heavy atom. The van der Waals surface area contributed by atoms with E-state index in [0.717, 1.165) is 25.7 Å². The zero-order valence-electron chi connectivity index (χ0n) is 12.4. The average molecular weight is 270 g/mol. The first-order valence-corrected chi connectivity index (χ1v) is 7.22. The van der Waals surface area contributed by atoms with Gasteiger partial charge < -0.3 is 15.3 Å². The third kappa shape index (κ3) is 3.19. The molecule has 0 aromatic rings. The van der Waals surface area contributed by atoms with Gasteiger partial charge in [-0.15, -0.1) is 0 Å². The van der Waals surface area contributed by atoms with Crippen LogP contribution in [0, 0.1) is 5.92 Å². The van der Waals surface area contributed by atoms with Crippen molar-refractivity contribution in [3.05, 3.63) is 0 Å². The van der Waals surface area contributed by atoms with E-state index in [4.69, 9.17) is 0 Å². The molecule has 110 valence electrons. The zero-order valence-corrected chi connectivity index (χ0v) is 12.4. The summed E-state index contributed by atoms with van der Waals surface area (Å²) in [5.41, 5.74) is -0.216. The number of carboxylic acids is 1. The lowest BCUT2D eigenvalue weighted by molar-refractivity contribution is -0.142. The van der Waals surface area contributed by atoms with Gasteiger partial charge in [-0.25, -0.2) is 9.59 Å². The minimum atomic E-state index is -0.907. The van der Waals surface area contributed by atoms with Gasteiger partial charge in [-0.05, 0) is 31.6 Å². The van der Waals surface area contributed by atoms with E-state index in [2.05, 4.69) is 26.1 Å². The summed E-state index contributed by atoms with van der Waals surface area (Å²) < 4.78 is 0. The number of rotatable bonds is 5. The van der Waals surface area contributed by atoms with Crippen molar-refractivity contribution >= 4 is 12.0 Å². The summed E-state index contributed by atoms with van der Waals surface area (Å²) in [5, 5.41) is 12.3. The normalized spacial score (nSPS) is 23.5. The van der Waals surface area contributed by atoms with Crippen LogP contribution in [-0.2, 0) is 4.79 Å². The Bertz CT molecular complexity index is 331. The largest absolute Gasteiger partial charge is 0.480 e. The zero-order chi connectivity index (χ0) is 14.6. The predicted octanol–water partition coefficient (Wildman–Crippen LogP) is 2.46. The fraction of sp³-hybridized carbons (Fsp3) is 0.857. The first kappa shape index (κ1) is 15.8. The van der Waals surface area contributed by atoms with Crippen molar-refractivity contribution in [2.75, 3.05) is 6.54 Å². The van der Waals surface area contributed by atoms with Gasteiger partial charge in [0.05, 0.1) is 0 Å². The van der Waals surface area contributed by atoms with E-state index in [-0.39, 0.29) is 17.5 Å². The fourth-order valence-electron chi connectivity index (χ4n) is 2.87. The van der Waals surface area contributed by atoms with E-state index >= 15 is 0 Å². The molecule has 19 heavy (non-hydrogen) atoms. The summed E-state index contributed by atoms with van der Waals surface area (Å²) >= 11 is 0. The summed E-state index contributed by atoms with van der Waals surface area (Å²) in [7, 11) is 0. The minimum Gasteiger partial charge on any atom is -0.480 e. The van der Waals surface area contributed by atoms with Gasteiger partial charge in [-0.3, -0.25) is 0 Å². The van der Waals surface area contributed by atoms with Gasteiger partial charge in [0.15, 0.2) is 0 Å². The summed E-state index contributed by atoms with van der Waals surface area (Å²) in [4.78, 5) is 25.1. The van der Waals surface area contributed by atoms with Crippen LogP contribution in [0.2, 0.25) is 0 Å². The highest BCUT2D eigenvalue weighted by Crippen LogP contribution is 2.26. The molecule has 2 N–H and O–H groups in total. The molecule has 1 fully saturated rings. The smallest absolute Gasteiger partial charge is 0.326 e. The second-order valence-corrected chi connectivity index (χ2v) is 5.51. The molecule has 0 aliphatic carbocycles. The highest BCUT2D eigenvalue weighted by atomic mass is 16.4. The maximum atomic E-state index is 12.3. The molecule has 5 heteroatoms. The standard InChI is InChI=1S/C14H26N2O3/c1-5-14(6-2,7-3)15-13(19)16-9-8-10(4)11(16)12(17)18/h10-11H,5-9H2,1-4H3,(H,15,19)(H,17,18). The predicted molar refractivity (Wildman–Crippen MR) is 74.0 cm³/mol. The van der Waals surface area contributed by atoms with E-state index in [1.54, 1.807) is 0 Å². The van der Waals surface area contributed by atoms with E-state index in [0.29, 0.717) is 6.54 Å². The maximum absolute atomic E-state index is 12.3. The van der Waals surface area contributed by atoms with Gasteiger partial charge in [-0.2, -0.15) is 0 Å². The highest BCUT2D eigenvalue weighted by molar-refractivity contribution is 5.84. The monoisotopic (exact) mass is 270 g/mol. The van der Waals surface area contributed by atoms with Crippen LogP contribution in [0.15, 0.2) is 0 Å². The molecule has 0 spiro atoms. The maximum Gasteiger partial charge on any atom is 0.326 e. The molecule has 5 nitrogen and oxygen atoms in total. The number of aliphatic carboxylic acids is 1. The Hall–Kier alpha value is -1.26. The highest BCUT2D eigenvalue weighted by Gasteiger charge is 2.41. The van der Waals surface area contributed by atoms with Gasteiger partial charge in [-0.1, -0.05) is 27.7 Å². The van der Waals surface area contributed by atoms with Crippen LogP contribution in [0.25, 0.3) is 0 Å². The van der Waals surface area contributed by atoms with Crippen molar-refractivity contribution in [1.82, 2.24) is 10.2 Å². The second kappa shape index (κ2) is 6.26. The minimum absolute atomic E-state index is 0.0162. The van der Waals surface area contributed by atoms with E-state index < -0.39 is 12.0 Å². The first-order valence-electron chi connectivity index (χ1n) is 7.22. The number of nitrogens with one attached hydrogen (secondary N) is 1. The molecule has 0 aromatic carbocycles. The van der Waals surface area contributed by atoms with E-state index in [1.165, 1.54) is 4.90 Å². The number of carbonyl (C=O) groups is 2. The second-order valence-electron chi connectivity index (χ2n) is 5.51. The van der Waals surface area contributed by atoms with Crippen LogP contribution in [0.3, 0.4) is 0 Å². The lowest BCUT2D eigenvalue weighted by Gasteiger charge is -2.35. The number of hydrogen-bond donors (Lipinski definition) is 2. The molecule has 0 bridgehead atoms. The van der Waals surface area contributed by atoms with E-state index in [1.807, 2.05) is 6.92 Å². The van der Waals surface area contributed by atoms with Crippen LogP contribution < -0.4 is 5.32 Å². The number of hydrogen-bond acceptors (Lipinski definition) is 2. The number of amides is 2. The Labute approximate surface area is 115 Å².